The minimum absolute atomic E-state index is 0.107. The number of nitrogens with zero attached hydrogens (tertiary/aromatic N) is 1. The summed E-state index contributed by atoms with van der Waals surface area (Å²) in [4.78, 5) is 0.191. The number of aromatic amines is 1. The number of nitrogens with one attached hydrogen (secondary N) is 2. The zero-order chi connectivity index (χ0) is 12.9. The maximum absolute atomic E-state index is 12.0. The molecule has 17 heavy (non-hydrogen) atoms. The van der Waals surface area contributed by atoms with E-state index < -0.39 is 10.0 Å². The number of aryl methyl sites for hydroxylation is 1. The summed E-state index contributed by atoms with van der Waals surface area (Å²) in [5, 5.41) is 6.52. The molecule has 0 aromatic carbocycles. The van der Waals surface area contributed by atoms with Crippen molar-refractivity contribution in [2.45, 2.75) is 44.6 Å². The average molecular weight is 260 g/mol. The fraction of sp³-hybridized carbons (Fsp3) is 0.700. The van der Waals surface area contributed by atoms with Crippen molar-refractivity contribution in [3.05, 3.63) is 11.4 Å². The number of sulfonamides is 1. The predicted molar refractivity (Wildman–Crippen MR) is 65.9 cm³/mol. The van der Waals surface area contributed by atoms with E-state index in [1.165, 1.54) is 0 Å². The lowest BCUT2D eigenvalue weighted by atomic mass is 10.3. The topological polar surface area (TPSA) is 101 Å². The summed E-state index contributed by atoms with van der Waals surface area (Å²) in [6.07, 6.45) is 2.90. The quantitative estimate of drug-likeness (QED) is 0.626. The van der Waals surface area contributed by atoms with Crippen LogP contribution < -0.4 is 10.5 Å². The van der Waals surface area contributed by atoms with Crippen molar-refractivity contribution in [2.24, 2.45) is 5.73 Å². The maximum Gasteiger partial charge on any atom is 0.244 e. The SMILES string of the molecule is CCCCCNS(=O)(=O)c1c(CN)n[nH]c1C. The second-order valence-corrected chi connectivity index (χ2v) is 5.64. The molecule has 7 heteroatoms. The van der Waals surface area contributed by atoms with E-state index in [0.29, 0.717) is 17.9 Å². The van der Waals surface area contributed by atoms with Crippen LogP contribution >= 0.6 is 0 Å². The van der Waals surface area contributed by atoms with Gasteiger partial charge in [-0.25, -0.2) is 13.1 Å². The molecule has 1 rings (SSSR count). The van der Waals surface area contributed by atoms with E-state index in [9.17, 15) is 8.42 Å². The van der Waals surface area contributed by atoms with Crippen LogP contribution in [0.15, 0.2) is 4.90 Å². The molecule has 0 saturated carbocycles. The van der Waals surface area contributed by atoms with E-state index in [1.807, 2.05) is 0 Å². The molecule has 4 N–H and O–H groups in total. The number of rotatable bonds is 7. The molecular weight excluding hydrogens is 240 g/mol. The highest BCUT2D eigenvalue weighted by Gasteiger charge is 2.22. The van der Waals surface area contributed by atoms with Crippen LogP contribution in [0.5, 0.6) is 0 Å². The van der Waals surface area contributed by atoms with Crippen molar-refractivity contribution >= 4 is 10.0 Å². The zero-order valence-corrected chi connectivity index (χ0v) is 11.1. The minimum Gasteiger partial charge on any atom is -0.325 e. The molecule has 0 saturated heterocycles. The van der Waals surface area contributed by atoms with E-state index in [4.69, 9.17) is 5.73 Å². The van der Waals surface area contributed by atoms with Gasteiger partial charge in [-0.05, 0) is 13.3 Å². The summed E-state index contributed by atoms with van der Waals surface area (Å²) in [5.74, 6) is 0. The van der Waals surface area contributed by atoms with Crippen LogP contribution in [0.25, 0.3) is 0 Å². The van der Waals surface area contributed by atoms with Gasteiger partial charge in [0.25, 0.3) is 0 Å². The Morgan fingerprint density at radius 2 is 2.12 bits per heavy atom. The Hall–Kier alpha value is -0.920. The van der Waals surface area contributed by atoms with Gasteiger partial charge in [0.2, 0.25) is 10.0 Å². The zero-order valence-electron chi connectivity index (χ0n) is 10.3. The van der Waals surface area contributed by atoms with Gasteiger partial charge < -0.3 is 5.73 Å². The summed E-state index contributed by atoms with van der Waals surface area (Å²) in [7, 11) is -3.49. The summed E-state index contributed by atoms with van der Waals surface area (Å²) < 4.78 is 26.6. The van der Waals surface area contributed by atoms with E-state index in [0.717, 1.165) is 19.3 Å². The van der Waals surface area contributed by atoms with Crippen LogP contribution in [0.4, 0.5) is 0 Å². The normalized spacial score (nSPS) is 11.9. The van der Waals surface area contributed by atoms with Crippen LogP contribution in [-0.2, 0) is 16.6 Å². The van der Waals surface area contributed by atoms with Crippen LogP contribution in [0.3, 0.4) is 0 Å². The standard InChI is InChI=1S/C10H20N4O2S/c1-3-4-5-6-12-17(15,16)10-8(2)13-14-9(10)7-11/h12H,3-7,11H2,1-2H3,(H,13,14). The summed E-state index contributed by atoms with van der Waals surface area (Å²) in [6.45, 7) is 4.30. The van der Waals surface area contributed by atoms with Crippen molar-refractivity contribution in [3.63, 3.8) is 0 Å². The van der Waals surface area contributed by atoms with E-state index in [-0.39, 0.29) is 11.4 Å². The molecule has 1 aromatic rings. The van der Waals surface area contributed by atoms with Gasteiger partial charge in [0.15, 0.2) is 0 Å². The summed E-state index contributed by atoms with van der Waals surface area (Å²) in [5.41, 5.74) is 6.36. The van der Waals surface area contributed by atoms with Gasteiger partial charge in [-0.2, -0.15) is 5.10 Å². The lowest BCUT2D eigenvalue weighted by Gasteiger charge is -2.06. The van der Waals surface area contributed by atoms with Crippen LogP contribution in [0.1, 0.15) is 37.6 Å². The van der Waals surface area contributed by atoms with Gasteiger partial charge in [0, 0.05) is 13.1 Å². The van der Waals surface area contributed by atoms with Gasteiger partial charge in [-0.15, -0.1) is 0 Å². The first-order chi connectivity index (χ1) is 8.03. The van der Waals surface area contributed by atoms with Gasteiger partial charge in [0.1, 0.15) is 4.90 Å². The molecule has 0 spiro atoms. The second-order valence-electron chi connectivity index (χ2n) is 3.93. The fourth-order valence-electron chi connectivity index (χ4n) is 1.62. The van der Waals surface area contributed by atoms with Crippen molar-refractivity contribution in [3.8, 4) is 0 Å². The fourth-order valence-corrected chi connectivity index (χ4v) is 3.06. The lowest BCUT2D eigenvalue weighted by Crippen LogP contribution is -2.26. The third-order valence-corrected chi connectivity index (χ3v) is 4.16. The number of aromatic nitrogens is 2. The molecule has 0 unspecified atom stereocenters. The molecule has 0 bridgehead atoms. The summed E-state index contributed by atoms with van der Waals surface area (Å²) >= 11 is 0. The molecule has 0 aliphatic carbocycles. The maximum atomic E-state index is 12.0. The molecule has 0 fully saturated rings. The van der Waals surface area contributed by atoms with Gasteiger partial charge >= 0.3 is 0 Å². The van der Waals surface area contributed by atoms with E-state index in [1.54, 1.807) is 6.92 Å². The van der Waals surface area contributed by atoms with Gasteiger partial charge in [-0.1, -0.05) is 19.8 Å². The smallest absolute Gasteiger partial charge is 0.244 e. The first kappa shape index (κ1) is 14.1. The third kappa shape index (κ3) is 3.52. The highest BCUT2D eigenvalue weighted by molar-refractivity contribution is 7.89. The second kappa shape index (κ2) is 6.13. The molecule has 0 aliphatic heterocycles. The Labute approximate surface area is 102 Å². The molecule has 0 radical (unpaired) electrons. The Morgan fingerprint density at radius 3 is 2.71 bits per heavy atom. The number of hydrogen-bond acceptors (Lipinski definition) is 4. The first-order valence-corrected chi connectivity index (χ1v) is 7.24. The third-order valence-electron chi connectivity index (χ3n) is 2.50. The predicted octanol–water partition coefficient (Wildman–Crippen LogP) is 0.645. The Balaban J connectivity index is 2.78. The van der Waals surface area contributed by atoms with Gasteiger partial charge in [-0.3, -0.25) is 5.10 Å². The highest BCUT2D eigenvalue weighted by atomic mass is 32.2. The number of unbranched alkanes of at least 4 members (excludes halogenated alkanes) is 2. The van der Waals surface area contributed by atoms with Crippen LogP contribution in [0, 0.1) is 6.92 Å². The largest absolute Gasteiger partial charge is 0.325 e. The first-order valence-electron chi connectivity index (χ1n) is 5.76. The summed E-state index contributed by atoms with van der Waals surface area (Å²) in [6, 6.07) is 0. The molecule has 1 heterocycles. The van der Waals surface area contributed by atoms with Gasteiger partial charge in [0.05, 0.1) is 11.4 Å². The minimum atomic E-state index is -3.49. The van der Waals surface area contributed by atoms with E-state index >= 15 is 0 Å². The Kier molecular flexibility index (Phi) is 5.10. The number of nitrogens with two attached hydrogens (primary N) is 1. The average Bonchev–Trinajstić information content (AvgIpc) is 2.66. The Morgan fingerprint density at radius 1 is 1.41 bits per heavy atom. The molecule has 0 amide bonds. The molecule has 0 aliphatic rings. The highest BCUT2D eigenvalue weighted by Crippen LogP contribution is 2.16. The number of hydrogen-bond donors (Lipinski definition) is 3. The van der Waals surface area contributed by atoms with Crippen molar-refractivity contribution in [2.75, 3.05) is 6.54 Å². The molecule has 1 aromatic heterocycles. The van der Waals surface area contributed by atoms with Crippen LogP contribution in [0.2, 0.25) is 0 Å². The van der Waals surface area contributed by atoms with E-state index in [2.05, 4.69) is 21.8 Å². The molecule has 6 nitrogen and oxygen atoms in total. The lowest BCUT2D eigenvalue weighted by molar-refractivity contribution is 0.574. The van der Waals surface area contributed by atoms with Crippen molar-refractivity contribution in [1.29, 1.82) is 0 Å². The Bertz CT molecular complexity index is 453. The van der Waals surface area contributed by atoms with Crippen LogP contribution in [-0.4, -0.2) is 25.2 Å². The molecular formula is C10H20N4O2S. The monoisotopic (exact) mass is 260 g/mol. The van der Waals surface area contributed by atoms with Crippen molar-refractivity contribution in [1.82, 2.24) is 14.9 Å². The molecule has 98 valence electrons. The molecule has 0 atom stereocenters. The van der Waals surface area contributed by atoms with Crippen molar-refractivity contribution < 1.29 is 8.42 Å². The number of H-pyrrole nitrogens is 1.